The van der Waals surface area contributed by atoms with Crippen molar-refractivity contribution in [1.29, 1.82) is 0 Å². The van der Waals surface area contributed by atoms with Gasteiger partial charge in [0.05, 0.1) is 28.7 Å². The number of nitrogens with one attached hydrogen (secondary N) is 1. The zero-order chi connectivity index (χ0) is 19.3. The van der Waals surface area contributed by atoms with E-state index in [1.165, 1.54) is 0 Å². The number of hydrogen-bond acceptors (Lipinski definition) is 5. The largest absolute Gasteiger partial charge is 0.444 e. The third-order valence-electron chi connectivity index (χ3n) is 4.01. The molecule has 1 aromatic rings. The molecule has 146 valence electrons. The highest BCUT2D eigenvalue weighted by Crippen LogP contribution is 2.22. The van der Waals surface area contributed by atoms with Crippen LogP contribution in [0.3, 0.4) is 0 Å². The van der Waals surface area contributed by atoms with Crippen LogP contribution >= 0.6 is 11.6 Å². The number of hydrogen-bond donors (Lipinski definition) is 2. The Balaban J connectivity index is 1.71. The molecule has 0 spiro atoms. The number of aliphatic hydroxyl groups is 1. The minimum absolute atomic E-state index is 0.0996. The van der Waals surface area contributed by atoms with Crippen molar-refractivity contribution >= 4 is 28.5 Å². The van der Waals surface area contributed by atoms with Gasteiger partial charge in [0.25, 0.3) is 0 Å². The molecule has 0 saturated carbocycles. The van der Waals surface area contributed by atoms with Gasteiger partial charge in [-0.25, -0.2) is 4.79 Å². The molecule has 0 aliphatic carbocycles. The molecule has 0 radical (unpaired) electrons. The van der Waals surface area contributed by atoms with Crippen molar-refractivity contribution < 1.29 is 18.8 Å². The second kappa shape index (κ2) is 9.17. The number of likely N-dealkylation sites (tertiary alicyclic amines) is 1. The summed E-state index contributed by atoms with van der Waals surface area (Å²) in [5, 5.41) is 12.9. The van der Waals surface area contributed by atoms with Crippen LogP contribution < -0.4 is 5.32 Å². The lowest BCUT2D eigenvalue weighted by Gasteiger charge is -2.39. The highest BCUT2D eigenvalue weighted by atomic mass is 35.5. The Morgan fingerprint density at radius 3 is 2.54 bits per heavy atom. The molecule has 26 heavy (non-hydrogen) atoms. The van der Waals surface area contributed by atoms with Crippen LogP contribution in [0, 0.1) is 0 Å². The number of amides is 1. The number of carbonyl (C=O) groups is 1. The Morgan fingerprint density at radius 2 is 2.00 bits per heavy atom. The minimum Gasteiger partial charge on any atom is -0.444 e. The second-order valence-corrected chi connectivity index (χ2v) is 9.62. The van der Waals surface area contributed by atoms with Crippen LogP contribution in [0.2, 0.25) is 5.02 Å². The Labute approximate surface area is 162 Å². The van der Waals surface area contributed by atoms with Crippen LogP contribution in [-0.2, 0) is 15.5 Å². The molecule has 0 aromatic heterocycles. The molecule has 1 aliphatic heterocycles. The van der Waals surface area contributed by atoms with Crippen molar-refractivity contribution in [2.24, 2.45) is 0 Å². The van der Waals surface area contributed by atoms with E-state index in [0.29, 0.717) is 11.4 Å². The van der Waals surface area contributed by atoms with Gasteiger partial charge in [0.1, 0.15) is 5.60 Å². The summed E-state index contributed by atoms with van der Waals surface area (Å²) >= 11 is 5.86. The average molecular weight is 403 g/mol. The van der Waals surface area contributed by atoms with Crippen LogP contribution in [0.5, 0.6) is 0 Å². The molecule has 6 nitrogen and oxygen atoms in total. The molecule has 2 rings (SSSR count). The van der Waals surface area contributed by atoms with E-state index in [-0.39, 0.29) is 17.9 Å². The monoisotopic (exact) mass is 402 g/mol. The van der Waals surface area contributed by atoms with Crippen LogP contribution in [0.1, 0.15) is 27.2 Å². The lowest BCUT2D eigenvalue weighted by atomic mass is 10.1. The minimum atomic E-state index is -1.05. The van der Waals surface area contributed by atoms with Crippen molar-refractivity contribution in [3.05, 3.63) is 29.3 Å². The van der Waals surface area contributed by atoms with Gasteiger partial charge in [-0.1, -0.05) is 11.6 Å². The van der Waals surface area contributed by atoms with Gasteiger partial charge in [-0.2, -0.15) is 0 Å². The van der Waals surface area contributed by atoms with Crippen molar-refractivity contribution in [1.82, 2.24) is 10.2 Å². The van der Waals surface area contributed by atoms with Gasteiger partial charge < -0.3 is 20.1 Å². The quantitative estimate of drug-likeness (QED) is 0.732. The van der Waals surface area contributed by atoms with E-state index in [1.54, 1.807) is 45.0 Å². The summed E-state index contributed by atoms with van der Waals surface area (Å²) in [4.78, 5) is 14.7. The number of nitrogens with zero attached hydrogens (tertiary/aromatic N) is 1. The molecule has 1 aliphatic rings. The lowest BCUT2D eigenvalue weighted by Crippen LogP contribution is -2.54. The molecule has 2 atom stereocenters. The highest BCUT2D eigenvalue weighted by molar-refractivity contribution is 7.85. The fourth-order valence-electron chi connectivity index (χ4n) is 2.62. The van der Waals surface area contributed by atoms with E-state index in [2.05, 4.69) is 10.2 Å². The second-order valence-electron chi connectivity index (χ2n) is 7.45. The predicted molar refractivity (Wildman–Crippen MR) is 103 cm³/mol. The Bertz CT molecular complexity index is 627. The molecule has 1 heterocycles. The number of benzene rings is 1. The van der Waals surface area contributed by atoms with Crippen LogP contribution in [0.15, 0.2) is 29.2 Å². The van der Waals surface area contributed by atoms with Gasteiger partial charge >= 0.3 is 6.09 Å². The standard InChI is InChI=1S/C18H27ClN2O4S/c1-18(2,3)25-17(23)20-14(12-22)8-9-21-10-16(11-21)26(24)15-6-4-13(19)5-7-15/h4-7,14,16,22H,8-12H2,1-3H3,(H,20,23)/t14-,26?/m0/s1. The van der Waals surface area contributed by atoms with Crippen LogP contribution in [0.4, 0.5) is 4.79 Å². The van der Waals surface area contributed by atoms with Gasteiger partial charge in [0.2, 0.25) is 0 Å². The van der Waals surface area contributed by atoms with Crippen LogP contribution in [-0.4, -0.2) is 63.4 Å². The van der Waals surface area contributed by atoms with Gasteiger partial charge in [0, 0.05) is 29.6 Å². The SMILES string of the molecule is CC(C)(C)OC(=O)N[C@H](CO)CCN1CC(S(=O)c2ccc(Cl)cc2)C1. The van der Waals surface area contributed by atoms with Gasteiger partial charge in [-0.3, -0.25) is 4.21 Å². The highest BCUT2D eigenvalue weighted by Gasteiger charge is 2.32. The van der Waals surface area contributed by atoms with Gasteiger partial charge in [-0.15, -0.1) is 0 Å². The maximum absolute atomic E-state index is 12.5. The summed E-state index contributed by atoms with van der Waals surface area (Å²) < 4.78 is 17.7. The fraction of sp³-hybridized carbons (Fsp3) is 0.611. The van der Waals surface area contributed by atoms with Crippen molar-refractivity contribution in [2.75, 3.05) is 26.2 Å². The third kappa shape index (κ3) is 6.54. The first-order valence-electron chi connectivity index (χ1n) is 8.67. The first kappa shape index (κ1) is 21.2. The molecule has 1 saturated heterocycles. The normalized spacial score (nSPS) is 18.0. The first-order valence-corrected chi connectivity index (χ1v) is 10.3. The summed E-state index contributed by atoms with van der Waals surface area (Å²) in [7, 11) is -1.05. The van der Waals surface area contributed by atoms with Gasteiger partial charge in [-0.05, 0) is 51.5 Å². The van der Waals surface area contributed by atoms with E-state index in [9.17, 15) is 14.1 Å². The van der Waals surface area contributed by atoms with Crippen LogP contribution in [0.25, 0.3) is 0 Å². The maximum atomic E-state index is 12.5. The Kier molecular flexibility index (Phi) is 7.46. The number of carbonyl (C=O) groups excluding carboxylic acids is 1. The number of rotatable bonds is 7. The first-order chi connectivity index (χ1) is 12.2. The smallest absolute Gasteiger partial charge is 0.407 e. The fourth-order valence-corrected chi connectivity index (χ4v) is 4.23. The summed E-state index contributed by atoms with van der Waals surface area (Å²) in [6.07, 6.45) is 0.0811. The lowest BCUT2D eigenvalue weighted by molar-refractivity contribution is 0.0470. The number of ether oxygens (including phenoxy) is 1. The zero-order valence-corrected chi connectivity index (χ0v) is 17.0. The van der Waals surface area contributed by atoms with E-state index >= 15 is 0 Å². The summed E-state index contributed by atoms with van der Waals surface area (Å²) in [6, 6.07) is 6.74. The van der Waals surface area contributed by atoms with E-state index in [4.69, 9.17) is 16.3 Å². The van der Waals surface area contributed by atoms with Gasteiger partial charge in [0.15, 0.2) is 0 Å². The molecular formula is C18H27ClN2O4S. The van der Waals surface area contributed by atoms with Crippen molar-refractivity contribution in [3.63, 3.8) is 0 Å². The zero-order valence-electron chi connectivity index (χ0n) is 15.4. The number of aliphatic hydroxyl groups excluding tert-OH is 1. The number of alkyl carbamates (subject to hydrolysis) is 1. The molecular weight excluding hydrogens is 376 g/mol. The topological polar surface area (TPSA) is 78.9 Å². The molecule has 2 N–H and O–H groups in total. The van der Waals surface area contributed by atoms with Crippen molar-refractivity contribution in [2.45, 2.75) is 49.0 Å². The molecule has 1 aromatic carbocycles. The molecule has 1 fully saturated rings. The van der Waals surface area contributed by atoms with E-state index < -0.39 is 22.5 Å². The maximum Gasteiger partial charge on any atom is 0.407 e. The van der Waals surface area contributed by atoms with Crippen molar-refractivity contribution in [3.8, 4) is 0 Å². The third-order valence-corrected chi connectivity index (χ3v) is 5.90. The molecule has 0 bridgehead atoms. The summed E-state index contributed by atoms with van der Waals surface area (Å²) in [6.45, 7) is 7.42. The van der Waals surface area contributed by atoms with E-state index in [1.807, 2.05) is 0 Å². The number of halogens is 1. The summed E-state index contributed by atoms with van der Waals surface area (Å²) in [5.74, 6) is 0. The Morgan fingerprint density at radius 1 is 1.38 bits per heavy atom. The molecule has 1 unspecified atom stereocenters. The molecule has 1 amide bonds. The van der Waals surface area contributed by atoms with E-state index in [0.717, 1.165) is 24.5 Å². The predicted octanol–water partition coefficient (Wildman–Crippen LogP) is 2.41. The summed E-state index contributed by atoms with van der Waals surface area (Å²) in [5.41, 5.74) is -0.569. The average Bonchev–Trinajstić information content (AvgIpc) is 2.50. The molecule has 8 heteroatoms. The Hall–Kier alpha value is -1.15.